The molecule has 0 aliphatic rings. The van der Waals surface area contributed by atoms with Crippen molar-refractivity contribution in [2.24, 2.45) is 0 Å². The minimum Gasteiger partial charge on any atom is -0.353 e. The molecule has 0 aliphatic carbocycles. The molecule has 2 nitrogen and oxygen atoms in total. The molecule has 1 aromatic rings. The van der Waals surface area contributed by atoms with Gasteiger partial charge in [-0.2, -0.15) is 0 Å². The Kier molecular flexibility index (Phi) is 7.65. The van der Waals surface area contributed by atoms with Crippen molar-refractivity contribution in [2.45, 2.75) is 57.4 Å². The molecule has 0 fully saturated rings. The Morgan fingerprint density at radius 3 is 2.74 bits per heavy atom. The molecule has 19 heavy (non-hydrogen) atoms. The first-order valence-electron chi connectivity index (χ1n) is 7.11. The van der Waals surface area contributed by atoms with Crippen molar-refractivity contribution in [1.82, 2.24) is 5.32 Å². The van der Waals surface area contributed by atoms with E-state index in [4.69, 9.17) is 0 Å². The summed E-state index contributed by atoms with van der Waals surface area (Å²) in [7, 11) is 0. The Morgan fingerprint density at radius 1 is 1.32 bits per heavy atom. The van der Waals surface area contributed by atoms with Crippen LogP contribution in [0.25, 0.3) is 0 Å². The van der Waals surface area contributed by atoms with Crippen LogP contribution in [0.15, 0.2) is 29.2 Å². The summed E-state index contributed by atoms with van der Waals surface area (Å²) in [6, 6.07) is 8.47. The van der Waals surface area contributed by atoms with Gasteiger partial charge in [0.2, 0.25) is 5.91 Å². The molecule has 0 radical (unpaired) electrons. The molecule has 0 spiro atoms. The largest absolute Gasteiger partial charge is 0.353 e. The second-order valence-electron chi connectivity index (χ2n) is 5.02. The van der Waals surface area contributed by atoms with Gasteiger partial charge in [0.15, 0.2) is 0 Å². The van der Waals surface area contributed by atoms with E-state index in [-0.39, 0.29) is 11.9 Å². The number of benzene rings is 1. The maximum absolute atomic E-state index is 11.8. The maximum Gasteiger partial charge on any atom is 0.230 e. The van der Waals surface area contributed by atoms with Crippen LogP contribution < -0.4 is 5.32 Å². The highest BCUT2D eigenvalue weighted by Gasteiger charge is 2.08. The maximum atomic E-state index is 11.8. The van der Waals surface area contributed by atoms with Crippen LogP contribution in [-0.2, 0) is 4.79 Å². The van der Waals surface area contributed by atoms with E-state index in [1.807, 2.05) is 12.1 Å². The number of unbranched alkanes of at least 4 members (excludes halogenated alkanes) is 2. The van der Waals surface area contributed by atoms with Crippen LogP contribution in [0.1, 0.15) is 45.1 Å². The molecular weight excluding hydrogens is 254 g/mol. The van der Waals surface area contributed by atoms with E-state index in [1.54, 1.807) is 11.8 Å². The Morgan fingerprint density at radius 2 is 2.05 bits per heavy atom. The molecule has 3 heteroatoms. The van der Waals surface area contributed by atoms with Crippen molar-refractivity contribution < 1.29 is 4.79 Å². The molecule has 106 valence electrons. The zero-order chi connectivity index (χ0) is 14.1. The number of thioether (sulfide) groups is 1. The third-order valence-electron chi connectivity index (χ3n) is 3.10. The van der Waals surface area contributed by atoms with Gasteiger partial charge in [-0.3, -0.25) is 4.79 Å². The third-order valence-corrected chi connectivity index (χ3v) is 4.28. The number of amides is 1. The van der Waals surface area contributed by atoms with Gasteiger partial charge in [-0.05, 0) is 31.9 Å². The highest BCUT2D eigenvalue weighted by molar-refractivity contribution is 8.00. The molecule has 1 amide bonds. The second kappa shape index (κ2) is 9.03. The Hall–Kier alpha value is -0.960. The predicted molar refractivity (Wildman–Crippen MR) is 83.6 cm³/mol. The number of aryl methyl sites for hydroxylation is 1. The van der Waals surface area contributed by atoms with Gasteiger partial charge >= 0.3 is 0 Å². The lowest BCUT2D eigenvalue weighted by molar-refractivity contribution is -0.119. The van der Waals surface area contributed by atoms with E-state index in [0.29, 0.717) is 5.75 Å². The minimum atomic E-state index is 0.136. The summed E-state index contributed by atoms with van der Waals surface area (Å²) >= 11 is 1.61. The first kappa shape index (κ1) is 16.1. The Bertz CT molecular complexity index is 392. The van der Waals surface area contributed by atoms with Gasteiger partial charge in [-0.1, -0.05) is 44.4 Å². The van der Waals surface area contributed by atoms with Crippen LogP contribution in [0.5, 0.6) is 0 Å². The van der Waals surface area contributed by atoms with Crippen LogP contribution in [0.2, 0.25) is 0 Å². The number of hydrogen-bond acceptors (Lipinski definition) is 2. The molecule has 0 bridgehead atoms. The SMILES string of the molecule is CCCCCC(C)NC(=O)CSc1ccccc1C. The van der Waals surface area contributed by atoms with E-state index >= 15 is 0 Å². The summed E-state index contributed by atoms with van der Waals surface area (Å²) in [6.45, 7) is 6.36. The standard InChI is InChI=1S/C16H25NOS/c1-4-5-6-10-14(3)17-16(18)12-19-15-11-8-7-9-13(15)2/h7-9,11,14H,4-6,10,12H2,1-3H3,(H,17,18). The van der Waals surface area contributed by atoms with Gasteiger partial charge in [0.25, 0.3) is 0 Å². The zero-order valence-corrected chi connectivity index (χ0v) is 13.1. The van der Waals surface area contributed by atoms with Gasteiger partial charge in [0.1, 0.15) is 0 Å². The van der Waals surface area contributed by atoms with Gasteiger partial charge in [-0.15, -0.1) is 11.8 Å². The lowest BCUT2D eigenvalue weighted by Gasteiger charge is -2.13. The minimum absolute atomic E-state index is 0.136. The van der Waals surface area contributed by atoms with Crippen LogP contribution in [0.4, 0.5) is 0 Å². The Balaban J connectivity index is 2.26. The van der Waals surface area contributed by atoms with E-state index in [0.717, 1.165) is 6.42 Å². The van der Waals surface area contributed by atoms with Crippen LogP contribution in [0.3, 0.4) is 0 Å². The second-order valence-corrected chi connectivity index (χ2v) is 6.04. The summed E-state index contributed by atoms with van der Waals surface area (Å²) in [5.74, 6) is 0.639. The lowest BCUT2D eigenvalue weighted by atomic mass is 10.1. The molecular formula is C16H25NOS. The predicted octanol–water partition coefficient (Wildman–Crippen LogP) is 4.17. The van der Waals surface area contributed by atoms with E-state index in [2.05, 4.69) is 38.2 Å². The lowest BCUT2D eigenvalue weighted by Crippen LogP contribution is -2.33. The number of carbonyl (C=O) groups excluding carboxylic acids is 1. The number of rotatable bonds is 8. The van der Waals surface area contributed by atoms with E-state index < -0.39 is 0 Å². The first-order chi connectivity index (χ1) is 9.13. The summed E-state index contributed by atoms with van der Waals surface area (Å²) in [5.41, 5.74) is 1.23. The van der Waals surface area contributed by atoms with Crippen molar-refractivity contribution in [3.05, 3.63) is 29.8 Å². The summed E-state index contributed by atoms with van der Waals surface area (Å²) in [5, 5.41) is 3.07. The van der Waals surface area contributed by atoms with Crippen molar-refractivity contribution in [3.8, 4) is 0 Å². The van der Waals surface area contributed by atoms with Gasteiger partial charge < -0.3 is 5.32 Å². The molecule has 1 N–H and O–H groups in total. The molecule has 1 unspecified atom stereocenters. The van der Waals surface area contributed by atoms with Gasteiger partial charge in [0.05, 0.1) is 5.75 Å². The average Bonchev–Trinajstić information content (AvgIpc) is 2.38. The number of hydrogen-bond donors (Lipinski definition) is 1. The van der Waals surface area contributed by atoms with Crippen LogP contribution >= 0.6 is 11.8 Å². The van der Waals surface area contributed by atoms with Crippen molar-refractivity contribution in [3.63, 3.8) is 0 Å². The fraction of sp³-hybridized carbons (Fsp3) is 0.562. The topological polar surface area (TPSA) is 29.1 Å². The van der Waals surface area contributed by atoms with E-state index in [1.165, 1.54) is 29.7 Å². The highest BCUT2D eigenvalue weighted by Crippen LogP contribution is 2.21. The molecule has 0 saturated carbocycles. The summed E-state index contributed by atoms with van der Waals surface area (Å²) in [6.07, 6.45) is 4.75. The monoisotopic (exact) mass is 279 g/mol. The smallest absolute Gasteiger partial charge is 0.230 e. The van der Waals surface area contributed by atoms with Crippen molar-refractivity contribution in [2.75, 3.05) is 5.75 Å². The highest BCUT2D eigenvalue weighted by atomic mass is 32.2. The van der Waals surface area contributed by atoms with E-state index in [9.17, 15) is 4.79 Å². The molecule has 1 atom stereocenters. The molecule has 0 aliphatic heterocycles. The van der Waals surface area contributed by atoms with Crippen LogP contribution in [-0.4, -0.2) is 17.7 Å². The first-order valence-corrected chi connectivity index (χ1v) is 8.09. The fourth-order valence-electron chi connectivity index (χ4n) is 1.95. The zero-order valence-electron chi connectivity index (χ0n) is 12.2. The fourth-order valence-corrected chi connectivity index (χ4v) is 2.79. The quantitative estimate of drug-likeness (QED) is 0.571. The van der Waals surface area contributed by atoms with Crippen molar-refractivity contribution in [1.29, 1.82) is 0 Å². The number of nitrogens with one attached hydrogen (secondary N) is 1. The molecule has 0 saturated heterocycles. The third kappa shape index (κ3) is 6.67. The Labute approximate surface area is 121 Å². The molecule has 0 aromatic heterocycles. The molecule has 0 heterocycles. The number of carbonyl (C=O) groups is 1. The summed E-state index contributed by atoms with van der Waals surface area (Å²) < 4.78 is 0. The normalized spacial score (nSPS) is 12.2. The van der Waals surface area contributed by atoms with Crippen LogP contribution in [0, 0.1) is 6.92 Å². The van der Waals surface area contributed by atoms with Crippen molar-refractivity contribution >= 4 is 17.7 Å². The van der Waals surface area contributed by atoms with Gasteiger partial charge in [-0.25, -0.2) is 0 Å². The summed E-state index contributed by atoms with van der Waals surface area (Å²) in [4.78, 5) is 13.0. The molecule has 1 aromatic carbocycles. The average molecular weight is 279 g/mol. The molecule has 1 rings (SSSR count). The van der Waals surface area contributed by atoms with Gasteiger partial charge in [0, 0.05) is 10.9 Å².